The molecule has 36 nitrogen and oxygen atoms in total. The molecule has 21 heterocycles. The zero-order chi connectivity index (χ0) is 107. The van der Waals surface area contributed by atoms with Crippen molar-refractivity contribution in [3.63, 3.8) is 0 Å². The molecule has 0 unspecified atom stereocenters. The lowest BCUT2D eigenvalue weighted by Gasteiger charge is -2.53. The van der Waals surface area contributed by atoms with Gasteiger partial charge in [-0.2, -0.15) is 0 Å². The van der Waals surface area contributed by atoms with Gasteiger partial charge >= 0.3 is 0 Å². The summed E-state index contributed by atoms with van der Waals surface area (Å²) in [6.07, 6.45) is -39.6. The molecular weight excluding hydrogens is 1960 g/mol. The van der Waals surface area contributed by atoms with Gasteiger partial charge in [-0.1, -0.05) is 145 Å². The van der Waals surface area contributed by atoms with E-state index in [9.17, 15) is 5.11 Å². The van der Waals surface area contributed by atoms with Crippen LogP contribution < -0.4 is 0 Å². The molecule has 0 aromatic heterocycles. The minimum absolute atomic E-state index is 0.0228. The van der Waals surface area contributed by atoms with Crippen molar-refractivity contribution in [2.75, 3.05) is 152 Å². The first-order chi connectivity index (χ1) is 65.5. The number of aliphatic hydroxyl groups excluding tert-OH is 1. The third kappa shape index (κ3) is 29.5. The van der Waals surface area contributed by atoms with Gasteiger partial charge in [0.2, 0.25) is 0 Å². The maximum atomic E-state index is 11.0. The molecule has 0 saturated carbocycles. The Morgan fingerprint density at radius 3 is 0.394 bits per heavy atom. The van der Waals surface area contributed by atoms with Gasteiger partial charge in [-0.15, -0.1) is 0 Å². The molecule has 0 aromatic carbocycles. The van der Waals surface area contributed by atoms with Crippen molar-refractivity contribution in [2.45, 2.75) is 487 Å². The number of hydrogen-bond acceptors (Lipinski definition) is 36. The van der Waals surface area contributed by atoms with Crippen molar-refractivity contribution in [1.29, 1.82) is 0 Å². The summed E-state index contributed by atoms with van der Waals surface area (Å²) in [7, 11) is 1.66. The minimum atomic E-state index is -2.71. The average Bonchev–Trinajstić information content (AvgIpc) is 0.885. The van der Waals surface area contributed by atoms with Crippen molar-refractivity contribution in [1.82, 2.24) is 0 Å². The molecule has 0 aliphatic carbocycles. The van der Waals surface area contributed by atoms with Crippen LogP contribution in [0.25, 0.3) is 0 Å². The summed E-state index contributed by atoms with van der Waals surface area (Å²) >= 11 is 0. The van der Waals surface area contributed by atoms with Crippen molar-refractivity contribution >= 4 is 58.2 Å². The van der Waals surface area contributed by atoms with E-state index in [0.29, 0.717) is 0 Å². The van der Waals surface area contributed by atoms with Crippen LogP contribution in [-0.2, 0) is 164 Å². The van der Waals surface area contributed by atoms with E-state index >= 15 is 0 Å². The van der Waals surface area contributed by atoms with Gasteiger partial charge in [-0.3, -0.25) is 0 Å². The van der Waals surface area contributed by atoms with E-state index in [-0.39, 0.29) is 88.1 Å². The van der Waals surface area contributed by atoms with Crippen molar-refractivity contribution < 1.29 is 169 Å². The molecule has 1 N–H and O–H groups in total. The number of hydrogen-bond donors (Lipinski definition) is 1. The highest BCUT2D eigenvalue weighted by atomic mass is 28.4. The Balaban J connectivity index is 1.45. The summed E-state index contributed by atoms with van der Waals surface area (Å²) in [6, 6.07) is 0. The lowest BCUT2D eigenvalue weighted by atomic mass is 9.94. The molecule has 35 atom stereocenters. The molecule has 21 rings (SSSR count). The van der Waals surface area contributed by atoms with Gasteiger partial charge in [0.05, 0.1) is 59.5 Å². The van der Waals surface area contributed by atoms with Gasteiger partial charge in [0.1, 0.15) is 171 Å². The van der Waals surface area contributed by atoms with Gasteiger partial charge in [0.15, 0.2) is 102 Å². The molecule has 21 aliphatic heterocycles. The van der Waals surface area contributed by atoms with Crippen LogP contribution in [0.3, 0.4) is 0 Å². The molecule has 14 bridgehead atoms. The topological polar surface area (TPSA) is 343 Å². The Morgan fingerprint density at radius 1 is 0.176 bits per heavy atom. The summed E-state index contributed by atoms with van der Waals surface area (Å²) in [6.45, 7) is 75.2. The molecule has 21 fully saturated rings. The predicted octanol–water partition coefficient (Wildman–Crippen LogP) is 14.5. The summed E-state index contributed by atoms with van der Waals surface area (Å²) < 4.78 is 252. The van der Waals surface area contributed by atoms with Crippen LogP contribution in [0, 0.1) is 0 Å². The highest BCUT2D eigenvalue weighted by Gasteiger charge is 2.65. The average molecular weight is 2160 g/mol. The first-order valence-corrected chi connectivity index (χ1v) is 71.6. The zero-order valence-electron chi connectivity index (χ0n) is 96.3. The fourth-order valence-electron chi connectivity index (χ4n) is 17.4. The van der Waals surface area contributed by atoms with Crippen LogP contribution in [-0.4, -0.2) is 430 Å². The van der Waals surface area contributed by atoms with E-state index in [1.807, 2.05) is 0 Å². The predicted molar refractivity (Wildman–Crippen MR) is 554 cm³/mol. The molecule has 0 spiro atoms. The van der Waals surface area contributed by atoms with E-state index in [4.69, 9.17) is 164 Å². The number of methoxy groups -OCH3 is 13. The third-order valence-corrected chi connectivity index (χ3v) is 65.5. The van der Waals surface area contributed by atoms with Gasteiger partial charge < -0.3 is 169 Å². The highest BCUT2D eigenvalue weighted by molar-refractivity contribution is 6.76. The molecule has 0 aromatic rings. The molecular formula is C99H198O36Si7. The molecule has 21 saturated heterocycles. The molecule has 142 heavy (non-hydrogen) atoms. The van der Waals surface area contributed by atoms with Gasteiger partial charge in [-0.05, 0) is 127 Å². The third-order valence-electron chi connectivity index (χ3n) is 34.0. The summed E-state index contributed by atoms with van der Waals surface area (Å²) in [5, 5.41) is 9.01. The summed E-state index contributed by atoms with van der Waals surface area (Å²) in [5.41, 5.74) is 0. The quantitative estimate of drug-likeness (QED) is 0.0565. The molecule has 0 radical (unpaired) electrons. The lowest BCUT2D eigenvalue weighted by molar-refractivity contribution is -0.402. The second kappa shape index (κ2) is 51.0. The Labute approximate surface area is 861 Å². The highest BCUT2D eigenvalue weighted by Crippen LogP contribution is 2.50. The van der Waals surface area contributed by atoms with E-state index in [1.165, 1.54) is 0 Å². The van der Waals surface area contributed by atoms with Gasteiger partial charge in [0, 0.05) is 92.4 Å². The second-order valence-electron chi connectivity index (χ2n) is 50.2. The number of aliphatic hydroxyl groups is 1. The van der Waals surface area contributed by atoms with Crippen molar-refractivity contribution in [2.24, 2.45) is 0 Å². The Morgan fingerprint density at radius 2 is 0.289 bits per heavy atom. The Kier molecular flexibility index (Phi) is 45.7. The maximum absolute atomic E-state index is 11.0. The second-order valence-corrected chi connectivity index (χ2v) is 83.8. The molecule has 43 heteroatoms. The van der Waals surface area contributed by atoms with Crippen LogP contribution in [0.1, 0.15) is 145 Å². The van der Waals surface area contributed by atoms with Crippen molar-refractivity contribution in [3.05, 3.63) is 0 Å². The monoisotopic (exact) mass is 2160 g/mol. The van der Waals surface area contributed by atoms with E-state index in [2.05, 4.69) is 237 Å². The van der Waals surface area contributed by atoms with E-state index < -0.39 is 280 Å². The number of ether oxygens (including phenoxy) is 28. The van der Waals surface area contributed by atoms with Crippen LogP contribution in [0.15, 0.2) is 0 Å². The van der Waals surface area contributed by atoms with Gasteiger partial charge in [0.25, 0.3) is 0 Å². The largest absolute Gasteiger partial charge is 0.414 e. The minimum Gasteiger partial charge on any atom is -0.414 e. The SMILES string of the molecule is CO[C@@H]1[C@H](OC)[C@H]2O[C@H]3[C@H](OC)[C@@H](OC)[C@@H](O[C@H]4[C@H](OC)[C@@H](OC)[C@@H](O[C@H]5[C@H](OC)[C@@H](OC)[C@@H](O[C@H]6[C@H](OC)[C@@H](OC)[C@@H](O[C@H]7[C@H](OC)[C@@H](OCCO)[C@@H](O[C@H]8[C@H](OC)[C@H](OC)[C@@H](O[C@@H]1[C@@H](CO[Si](C)(C)C(C)(C)C)O2)O[C@@H]8CO[Si](C)(C)C(C)(C)C)O[C@@H]7CO[Si](C)(C)C(C)(C)C)O[C@@H]6CO[Si](C)(C)C(C)(C)C)O[C@@H]5CO[Si](C)(C)C(C)(C)C)O[C@@H]4CO[Si](C)(C)C(C)(C)C)O[C@@H]3CO[Si](C)(C)C(C)(C)C. The van der Waals surface area contributed by atoms with Crippen LogP contribution >= 0.6 is 0 Å². The van der Waals surface area contributed by atoms with Crippen molar-refractivity contribution in [3.8, 4) is 0 Å². The molecule has 21 aliphatic rings. The van der Waals surface area contributed by atoms with E-state index in [0.717, 1.165) is 0 Å². The zero-order valence-corrected chi connectivity index (χ0v) is 103. The fraction of sp³-hybridized carbons (Fsp3) is 1.00. The lowest BCUT2D eigenvalue weighted by Crippen LogP contribution is -2.70. The smallest absolute Gasteiger partial charge is 0.192 e. The Bertz CT molecular complexity index is 3650. The van der Waals surface area contributed by atoms with E-state index in [1.54, 1.807) is 92.4 Å². The van der Waals surface area contributed by atoms with Crippen LogP contribution in [0.2, 0.25) is 127 Å². The summed E-state index contributed by atoms with van der Waals surface area (Å²) in [5.74, 6) is 0. The fourth-order valence-corrected chi connectivity index (χ4v) is 24.5. The van der Waals surface area contributed by atoms with Gasteiger partial charge in [-0.25, -0.2) is 0 Å². The molecule has 838 valence electrons. The first-order valence-electron chi connectivity index (χ1n) is 51.2. The maximum Gasteiger partial charge on any atom is 0.192 e. The standard InChI is InChI=1S/C99H198O36Si7/c1-93(2,3)136(35,36)115-51-58-65-72(101-22)79(108-29)87(122-58)130-67-60(53-117-138(39,40)95(7,8)9)124-89(81(110-31)74(67)103-24)132-69-62(55-119-140(43,44)97(13,14)15)126-91(83(112-33)76(69)105-26)134-71-64(57-121-142(47,48)99(19,20)21)128-92(85(78(71)107-28)114-50-49-100)135-70-63(56-120-141(45,46)98(16,17)18)127-90(84(113-34)77(70)106-27)133-68-61(54-118-139(41,42)96(10,11)12)125-88(82(111-32)75(68)104-25)131-66-59(52-116-137(37,38)94(4,5)6)123-86(129-65)80(109-30)73(66)102-23/h58-92,100H,49-57H2,1-48H3/t58-,59-,60-,61-,62-,63-,64-,65-,66-,67-,68-,69-,70-,71-,72+,73+,74+,75+,76+,77+,78+,79-,80-,81-,82+,83-,84+,85-,86-,87-,88-,89-,90-,91-,92-/m1/s1. The molecule has 0 amide bonds. The summed E-state index contributed by atoms with van der Waals surface area (Å²) in [4.78, 5) is 0. The normalized spacial score (nSPS) is 37.3. The van der Waals surface area contributed by atoms with Crippen LogP contribution in [0.4, 0.5) is 0 Å². The van der Waals surface area contributed by atoms with Crippen LogP contribution in [0.5, 0.6) is 0 Å². The Hall–Kier alpha value is 0.0782. The number of rotatable bonds is 37. The first kappa shape index (κ1) is 127.